The maximum Gasteiger partial charge on any atom is 0.0757 e. The molecule has 1 atom stereocenters. The highest BCUT2D eigenvalue weighted by atomic mass is 16.3. The smallest absolute Gasteiger partial charge is 0.0757 e. The standard InChI is InChI=1S/C10H18O/c1-7(2)8-5-10(3,4)6-9(8)11/h9,11H,5-6H2,1-4H3/t9-/m0/s1. The van der Waals surface area contributed by atoms with Crippen LogP contribution >= 0.6 is 0 Å². The normalized spacial score (nSPS) is 29.2. The van der Waals surface area contributed by atoms with Crippen LogP contribution < -0.4 is 0 Å². The van der Waals surface area contributed by atoms with E-state index in [1.807, 2.05) is 0 Å². The highest BCUT2D eigenvalue weighted by Gasteiger charge is 2.33. The van der Waals surface area contributed by atoms with Gasteiger partial charge in [-0.3, -0.25) is 0 Å². The number of aliphatic hydroxyl groups is 1. The van der Waals surface area contributed by atoms with E-state index in [1.165, 1.54) is 11.1 Å². The van der Waals surface area contributed by atoms with Gasteiger partial charge in [0.1, 0.15) is 0 Å². The molecule has 1 fully saturated rings. The summed E-state index contributed by atoms with van der Waals surface area (Å²) in [5.41, 5.74) is 2.87. The average molecular weight is 154 g/mol. The first-order valence-electron chi connectivity index (χ1n) is 4.27. The number of allylic oxidation sites excluding steroid dienone is 1. The molecule has 0 unspecified atom stereocenters. The topological polar surface area (TPSA) is 20.2 Å². The first-order chi connectivity index (χ1) is 4.92. The lowest BCUT2D eigenvalue weighted by molar-refractivity contribution is 0.189. The zero-order chi connectivity index (χ0) is 8.65. The first kappa shape index (κ1) is 8.79. The van der Waals surface area contributed by atoms with E-state index in [9.17, 15) is 5.11 Å². The van der Waals surface area contributed by atoms with E-state index in [0.29, 0.717) is 5.41 Å². The third-order valence-corrected chi connectivity index (χ3v) is 2.46. The van der Waals surface area contributed by atoms with Crippen LogP contribution in [0, 0.1) is 5.41 Å². The Hall–Kier alpha value is -0.300. The third kappa shape index (κ3) is 1.84. The van der Waals surface area contributed by atoms with E-state index in [1.54, 1.807) is 0 Å². The van der Waals surface area contributed by atoms with E-state index in [2.05, 4.69) is 27.7 Å². The summed E-state index contributed by atoms with van der Waals surface area (Å²) in [7, 11) is 0. The maximum atomic E-state index is 9.64. The van der Waals surface area contributed by atoms with E-state index in [-0.39, 0.29) is 6.10 Å². The minimum atomic E-state index is -0.171. The molecule has 1 saturated carbocycles. The lowest BCUT2D eigenvalue weighted by atomic mass is 9.91. The summed E-state index contributed by atoms with van der Waals surface area (Å²) in [4.78, 5) is 0. The lowest BCUT2D eigenvalue weighted by Crippen LogP contribution is -2.07. The van der Waals surface area contributed by atoms with Crippen LogP contribution in [0.2, 0.25) is 0 Å². The number of rotatable bonds is 0. The van der Waals surface area contributed by atoms with Gasteiger partial charge in [-0.05, 0) is 37.7 Å². The van der Waals surface area contributed by atoms with Gasteiger partial charge < -0.3 is 5.11 Å². The van der Waals surface area contributed by atoms with E-state index in [4.69, 9.17) is 0 Å². The molecule has 1 aliphatic rings. The molecular formula is C10H18O. The van der Waals surface area contributed by atoms with Crippen LogP contribution in [0.25, 0.3) is 0 Å². The average Bonchev–Trinajstić information content (AvgIpc) is 2.05. The van der Waals surface area contributed by atoms with E-state index >= 15 is 0 Å². The molecule has 0 aromatic carbocycles. The molecule has 1 N–H and O–H groups in total. The highest BCUT2D eigenvalue weighted by molar-refractivity contribution is 5.21. The van der Waals surface area contributed by atoms with Gasteiger partial charge in [0.05, 0.1) is 6.10 Å². The molecule has 1 heteroatoms. The zero-order valence-electron chi connectivity index (χ0n) is 7.94. The van der Waals surface area contributed by atoms with Crippen molar-refractivity contribution in [3.63, 3.8) is 0 Å². The van der Waals surface area contributed by atoms with Gasteiger partial charge >= 0.3 is 0 Å². The molecule has 0 aromatic heterocycles. The molecule has 0 heterocycles. The van der Waals surface area contributed by atoms with Crippen LogP contribution in [0.5, 0.6) is 0 Å². The van der Waals surface area contributed by atoms with Gasteiger partial charge in [0.15, 0.2) is 0 Å². The minimum Gasteiger partial charge on any atom is -0.389 e. The Morgan fingerprint density at radius 1 is 1.45 bits per heavy atom. The van der Waals surface area contributed by atoms with Crippen LogP contribution in [-0.4, -0.2) is 11.2 Å². The van der Waals surface area contributed by atoms with Crippen LogP contribution in [0.4, 0.5) is 0 Å². The van der Waals surface area contributed by atoms with Crippen LogP contribution in [0.3, 0.4) is 0 Å². The van der Waals surface area contributed by atoms with Gasteiger partial charge in [-0.15, -0.1) is 0 Å². The second-order valence-electron chi connectivity index (χ2n) is 4.59. The molecule has 1 nitrogen and oxygen atoms in total. The molecule has 0 aliphatic heterocycles. The molecule has 0 bridgehead atoms. The largest absolute Gasteiger partial charge is 0.389 e. The fourth-order valence-corrected chi connectivity index (χ4v) is 1.86. The molecule has 11 heavy (non-hydrogen) atoms. The summed E-state index contributed by atoms with van der Waals surface area (Å²) < 4.78 is 0. The van der Waals surface area contributed by atoms with E-state index < -0.39 is 0 Å². The monoisotopic (exact) mass is 154 g/mol. The Labute approximate surface area is 69.1 Å². The van der Waals surface area contributed by atoms with Crippen LogP contribution in [0.1, 0.15) is 40.5 Å². The Morgan fingerprint density at radius 3 is 2.18 bits per heavy atom. The zero-order valence-corrected chi connectivity index (χ0v) is 7.94. The van der Waals surface area contributed by atoms with Crippen molar-refractivity contribution in [3.05, 3.63) is 11.1 Å². The molecule has 0 aromatic rings. The molecule has 0 saturated heterocycles. The predicted molar refractivity (Wildman–Crippen MR) is 47.4 cm³/mol. The molecule has 0 radical (unpaired) electrons. The van der Waals surface area contributed by atoms with Gasteiger partial charge in [0, 0.05) is 0 Å². The van der Waals surface area contributed by atoms with Crippen LogP contribution in [0.15, 0.2) is 11.1 Å². The third-order valence-electron chi connectivity index (χ3n) is 2.46. The first-order valence-corrected chi connectivity index (χ1v) is 4.27. The molecule has 0 amide bonds. The van der Waals surface area contributed by atoms with Crippen molar-refractivity contribution in [1.82, 2.24) is 0 Å². The summed E-state index contributed by atoms with van der Waals surface area (Å²) in [6, 6.07) is 0. The lowest BCUT2D eigenvalue weighted by Gasteiger charge is -2.14. The maximum absolute atomic E-state index is 9.64. The fourth-order valence-electron chi connectivity index (χ4n) is 1.86. The molecule has 0 spiro atoms. The SMILES string of the molecule is CC(C)=C1CC(C)(C)C[C@@H]1O. The van der Waals surface area contributed by atoms with Gasteiger partial charge in [-0.2, -0.15) is 0 Å². The number of hydrogen-bond acceptors (Lipinski definition) is 1. The number of hydrogen-bond donors (Lipinski definition) is 1. The summed E-state index contributed by atoms with van der Waals surface area (Å²) >= 11 is 0. The van der Waals surface area contributed by atoms with Gasteiger partial charge in [-0.25, -0.2) is 0 Å². The van der Waals surface area contributed by atoms with Crippen molar-refractivity contribution in [3.8, 4) is 0 Å². The summed E-state index contributed by atoms with van der Waals surface area (Å²) in [6.07, 6.45) is 1.82. The van der Waals surface area contributed by atoms with Gasteiger partial charge in [-0.1, -0.05) is 19.4 Å². The fraction of sp³-hybridized carbons (Fsp3) is 0.800. The van der Waals surface area contributed by atoms with Gasteiger partial charge in [0.2, 0.25) is 0 Å². The summed E-state index contributed by atoms with van der Waals surface area (Å²) in [6.45, 7) is 8.60. The van der Waals surface area contributed by atoms with Crippen molar-refractivity contribution in [2.24, 2.45) is 5.41 Å². The van der Waals surface area contributed by atoms with Crippen molar-refractivity contribution in [2.45, 2.75) is 46.6 Å². The molecule has 1 rings (SSSR count). The molecular weight excluding hydrogens is 136 g/mol. The number of aliphatic hydroxyl groups excluding tert-OH is 1. The summed E-state index contributed by atoms with van der Waals surface area (Å²) in [5.74, 6) is 0. The van der Waals surface area contributed by atoms with Crippen molar-refractivity contribution in [2.75, 3.05) is 0 Å². The molecule has 1 aliphatic carbocycles. The minimum absolute atomic E-state index is 0.171. The Balaban J connectivity index is 2.83. The Bertz CT molecular complexity index is 185. The van der Waals surface area contributed by atoms with Crippen molar-refractivity contribution in [1.29, 1.82) is 0 Å². The van der Waals surface area contributed by atoms with Crippen molar-refractivity contribution >= 4 is 0 Å². The second-order valence-corrected chi connectivity index (χ2v) is 4.59. The molecule has 64 valence electrons. The Kier molecular flexibility index (Phi) is 2.10. The van der Waals surface area contributed by atoms with Gasteiger partial charge in [0.25, 0.3) is 0 Å². The van der Waals surface area contributed by atoms with E-state index in [0.717, 1.165) is 12.8 Å². The highest BCUT2D eigenvalue weighted by Crippen LogP contribution is 2.41. The second kappa shape index (κ2) is 2.63. The summed E-state index contributed by atoms with van der Waals surface area (Å²) in [5, 5.41) is 9.64. The van der Waals surface area contributed by atoms with Crippen molar-refractivity contribution < 1.29 is 5.11 Å². The predicted octanol–water partition coefficient (Wildman–Crippen LogP) is 2.50. The Morgan fingerprint density at radius 2 is 2.00 bits per heavy atom. The van der Waals surface area contributed by atoms with Crippen LogP contribution in [-0.2, 0) is 0 Å². The quantitative estimate of drug-likeness (QED) is 0.531.